The first-order valence-corrected chi connectivity index (χ1v) is 8.41. The second-order valence-corrected chi connectivity index (χ2v) is 6.58. The van der Waals surface area contributed by atoms with Crippen LogP contribution < -0.4 is 0 Å². The highest BCUT2D eigenvalue weighted by atomic mass is 15.1. The van der Waals surface area contributed by atoms with Crippen molar-refractivity contribution in [3.63, 3.8) is 0 Å². The van der Waals surface area contributed by atoms with Crippen LogP contribution in [-0.4, -0.2) is 35.1 Å². The van der Waals surface area contributed by atoms with Crippen LogP contribution in [0.25, 0.3) is 17.1 Å². The molecule has 0 saturated heterocycles. The van der Waals surface area contributed by atoms with Gasteiger partial charge in [0.15, 0.2) is 0 Å². The molecule has 0 unspecified atom stereocenters. The average molecular weight is 319 g/mol. The van der Waals surface area contributed by atoms with Crippen molar-refractivity contribution < 1.29 is 0 Å². The number of likely N-dealkylation sites (N-methyl/N-ethyl adjacent to an activating group) is 1. The third-order valence-electron chi connectivity index (χ3n) is 4.33. The third-order valence-corrected chi connectivity index (χ3v) is 4.33. The quantitative estimate of drug-likeness (QED) is 0.700. The molecule has 0 spiro atoms. The van der Waals surface area contributed by atoms with Crippen LogP contribution in [0.15, 0.2) is 54.6 Å². The molecule has 0 radical (unpaired) electrons. The summed E-state index contributed by atoms with van der Waals surface area (Å²) in [6, 6.07) is 19.2. The fraction of sp³-hybridized carbons (Fsp3) is 0.286. The summed E-state index contributed by atoms with van der Waals surface area (Å²) in [5, 5.41) is 0. The minimum Gasteiger partial charge on any atom is -0.309 e. The molecule has 0 amide bonds. The van der Waals surface area contributed by atoms with E-state index >= 15 is 0 Å². The van der Waals surface area contributed by atoms with Gasteiger partial charge in [-0.25, -0.2) is 4.98 Å². The molecule has 3 nitrogen and oxygen atoms in total. The molecule has 2 heterocycles. The Morgan fingerprint density at radius 2 is 1.54 bits per heavy atom. The van der Waals surface area contributed by atoms with Gasteiger partial charge in [0.25, 0.3) is 0 Å². The molecule has 0 aliphatic heterocycles. The van der Waals surface area contributed by atoms with Crippen molar-refractivity contribution in [3.8, 4) is 17.1 Å². The Morgan fingerprint density at radius 1 is 0.875 bits per heavy atom. The van der Waals surface area contributed by atoms with Crippen molar-refractivity contribution in [1.82, 2.24) is 14.5 Å². The van der Waals surface area contributed by atoms with E-state index in [9.17, 15) is 0 Å². The van der Waals surface area contributed by atoms with Gasteiger partial charge in [-0.2, -0.15) is 0 Å². The Bertz CT molecular complexity index is 794. The van der Waals surface area contributed by atoms with Crippen molar-refractivity contribution >= 4 is 0 Å². The smallest absolute Gasteiger partial charge is 0.137 e. The lowest BCUT2D eigenvalue weighted by Crippen LogP contribution is -2.14. The first-order valence-electron chi connectivity index (χ1n) is 8.41. The highest BCUT2D eigenvalue weighted by Crippen LogP contribution is 2.21. The highest BCUT2D eigenvalue weighted by Gasteiger charge is 2.07. The van der Waals surface area contributed by atoms with Crippen LogP contribution in [0, 0.1) is 13.8 Å². The number of hydrogen-bond donors (Lipinski definition) is 0. The van der Waals surface area contributed by atoms with Crippen LogP contribution in [0.3, 0.4) is 0 Å². The van der Waals surface area contributed by atoms with Crippen LogP contribution in [0.1, 0.15) is 17.0 Å². The number of aromatic nitrogens is 2. The van der Waals surface area contributed by atoms with E-state index in [2.05, 4.69) is 92.0 Å². The third kappa shape index (κ3) is 3.57. The standard InChI is InChI=1S/C21H25N3/c1-16-8-9-17(2)24(16)21-7-5-6-20(22-21)19-12-10-18(11-13-19)14-15-23(3)4/h5-13H,14-15H2,1-4H3. The van der Waals surface area contributed by atoms with Crippen molar-refractivity contribution in [1.29, 1.82) is 0 Å². The van der Waals surface area contributed by atoms with Crippen LogP contribution >= 0.6 is 0 Å². The lowest BCUT2D eigenvalue weighted by atomic mass is 10.1. The Hall–Kier alpha value is -2.39. The summed E-state index contributed by atoms with van der Waals surface area (Å²) in [6.45, 7) is 5.29. The fourth-order valence-electron chi connectivity index (χ4n) is 2.93. The SMILES string of the molecule is Cc1ccc(C)n1-c1cccc(-c2ccc(CCN(C)C)cc2)n1. The number of benzene rings is 1. The molecule has 0 N–H and O–H groups in total. The van der Waals surface area contributed by atoms with Gasteiger partial charge < -0.3 is 9.47 Å². The largest absolute Gasteiger partial charge is 0.309 e. The molecule has 0 aliphatic rings. The van der Waals surface area contributed by atoms with Gasteiger partial charge in [-0.1, -0.05) is 30.3 Å². The van der Waals surface area contributed by atoms with Gasteiger partial charge in [0.2, 0.25) is 0 Å². The van der Waals surface area contributed by atoms with E-state index in [0.29, 0.717) is 0 Å². The summed E-state index contributed by atoms with van der Waals surface area (Å²) in [5.74, 6) is 0.976. The van der Waals surface area contributed by atoms with E-state index in [4.69, 9.17) is 4.98 Å². The van der Waals surface area contributed by atoms with E-state index in [1.54, 1.807) is 0 Å². The van der Waals surface area contributed by atoms with E-state index in [0.717, 1.165) is 30.0 Å². The first kappa shape index (κ1) is 16.5. The minimum absolute atomic E-state index is 0.976. The Balaban J connectivity index is 1.87. The molecule has 0 fully saturated rings. The predicted octanol–water partition coefficient (Wildman–Crippen LogP) is 4.26. The molecule has 0 saturated carbocycles. The number of pyridine rings is 1. The van der Waals surface area contributed by atoms with Gasteiger partial charge in [0, 0.05) is 23.5 Å². The second kappa shape index (κ2) is 7.02. The van der Waals surface area contributed by atoms with E-state index in [1.807, 2.05) is 0 Å². The molecule has 124 valence electrons. The number of rotatable bonds is 5. The molecule has 3 heteroatoms. The lowest BCUT2D eigenvalue weighted by Gasteiger charge is -2.11. The van der Waals surface area contributed by atoms with Crippen LogP contribution in [0.2, 0.25) is 0 Å². The average Bonchev–Trinajstić information content (AvgIpc) is 2.92. The lowest BCUT2D eigenvalue weighted by molar-refractivity contribution is 0.413. The molecule has 0 bridgehead atoms. The molecule has 3 aromatic rings. The molecule has 1 aromatic carbocycles. The molecule has 3 rings (SSSR count). The zero-order valence-corrected chi connectivity index (χ0v) is 15.0. The first-order chi connectivity index (χ1) is 11.5. The van der Waals surface area contributed by atoms with Gasteiger partial charge in [0.05, 0.1) is 5.69 Å². The van der Waals surface area contributed by atoms with Crippen molar-refractivity contribution in [3.05, 3.63) is 71.5 Å². The normalized spacial score (nSPS) is 11.2. The monoisotopic (exact) mass is 319 g/mol. The van der Waals surface area contributed by atoms with E-state index in [1.165, 1.54) is 17.0 Å². The van der Waals surface area contributed by atoms with Gasteiger partial charge in [-0.15, -0.1) is 0 Å². The van der Waals surface area contributed by atoms with Gasteiger partial charge in [0.1, 0.15) is 5.82 Å². The Labute approximate surface area is 144 Å². The summed E-state index contributed by atoms with van der Waals surface area (Å²) >= 11 is 0. The van der Waals surface area contributed by atoms with Crippen LogP contribution in [0.4, 0.5) is 0 Å². The molecular weight excluding hydrogens is 294 g/mol. The maximum absolute atomic E-state index is 4.87. The molecular formula is C21H25N3. The molecule has 24 heavy (non-hydrogen) atoms. The summed E-state index contributed by atoms with van der Waals surface area (Å²) in [6.07, 6.45) is 1.07. The van der Waals surface area contributed by atoms with Gasteiger partial charge in [-0.3, -0.25) is 0 Å². The maximum atomic E-state index is 4.87. The van der Waals surface area contributed by atoms with Crippen LogP contribution in [-0.2, 0) is 6.42 Å². The van der Waals surface area contributed by atoms with Crippen molar-refractivity contribution in [2.75, 3.05) is 20.6 Å². The molecule has 2 aromatic heterocycles. The van der Waals surface area contributed by atoms with Crippen molar-refractivity contribution in [2.24, 2.45) is 0 Å². The van der Waals surface area contributed by atoms with Gasteiger partial charge in [-0.05, 0) is 64.2 Å². The topological polar surface area (TPSA) is 21.1 Å². The van der Waals surface area contributed by atoms with Crippen LogP contribution in [0.5, 0.6) is 0 Å². The maximum Gasteiger partial charge on any atom is 0.137 e. The van der Waals surface area contributed by atoms with E-state index in [-0.39, 0.29) is 0 Å². The molecule has 0 aliphatic carbocycles. The summed E-state index contributed by atoms with van der Waals surface area (Å²) in [5.41, 5.74) is 5.94. The minimum atomic E-state index is 0.976. The van der Waals surface area contributed by atoms with E-state index < -0.39 is 0 Å². The number of hydrogen-bond acceptors (Lipinski definition) is 2. The predicted molar refractivity (Wildman–Crippen MR) is 101 cm³/mol. The summed E-state index contributed by atoms with van der Waals surface area (Å²) < 4.78 is 2.19. The second-order valence-electron chi connectivity index (χ2n) is 6.58. The fourth-order valence-corrected chi connectivity index (χ4v) is 2.93. The Kier molecular flexibility index (Phi) is 4.81. The zero-order chi connectivity index (χ0) is 17.1. The van der Waals surface area contributed by atoms with Crippen molar-refractivity contribution in [2.45, 2.75) is 20.3 Å². The summed E-state index contributed by atoms with van der Waals surface area (Å²) in [7, 11) is 4.21. The zero-order valence-electron chi connectivity index (χ0n) is 15.0. The molecule has 0 atom stereocenters. The highest BCUT2D eigenvalue weighted by molar-refractivity contribution is 5.60. The van der Waals surface area contributed by atoms with Gasteiger partial charge >= 0.3 is 0 Å². The summed E-state index contributed by atoms with van der Waals surface area (Å²) in [4.78, 5) is 7.07. The number of nitrogens with zero attached hydrogens (tertiary/aromatic N) is 3. The Morgan fingerprint density at radius 3 is 2.17 bits per heavy atom. The number of aryl methyl sites for hydroxylation is 2.